The van der Waals surface area contributed by atoms with E-state index in [1.807, 2.05) is 29.6 Å². The molecule has 1 aliphatic heterocycles. The molecule has 1 aliphatic rings. The van der Waals surface area contributed by atoms with E-state index in [4.69, 9.17) is 0 Å². The fraction of sp³-hybridized carbons (Fsp3) is 0.188. The molecule has 1 aromatic carbocycles. The first-order chi connectivity index (χ1) is 10.6. The van der Waals surface area contributed by atoms with Crippen LogP contribution in [0.5, 0.6) is 0 Å². The SMILES string of the molecule is O=C1C[C@H]([NH2+]Cc2ccncc2)C(=O)N1c1ccc(Br)cc1. The Kier molecular flexibility index (Phi) is 4.31. The largest absolute Gasteiger partial charge is 0.332 e. The molecular weight excluding hydrogens is 346 g/mol. The van der Waals surface area contributed by atoms with Crippen molar-refractivity contribution in [3.8, 4) is 0 Å². The molecule has 0 unspecified atom stereocenters. The molecule has 22 heavy (non-hydrogen) atoms. The topological polar surface area (TPSA) is 66.9 Å². The van der Waals surface area contributed by atoms with Crippen molar-refractivity contribution in [2.75, 3.05) is 4.90 Å². The number of rotatable bonds is 4. The van der Waals surface area contributed by atoms with Gasteiger partial charge < -0.3 is 5.32 Å². The van der Waals surface area contributed by atoms with Crippen LogP contribution >= 0.6 is 15.9 Å². The number of hydrogen-bond acceptors (Lipinski definition) is 3. The van der Waals surface area contributed by atoms with Crippen LogP contribution in [0.15, 0.2) is 53.3 Å². The quantitative estimate of drug-likeness (QED) is 0.834. The Labute approximate surface area is 136 Å². The second kappa shape index (κ2) is 6.37. The lowest BCUT2D eigenvalue weighted by Crippen LogP contribution is -2.90. The summed E-state index contributed by atoms with van der Waals surface area (Å²) in [6.45, 7) is 0.653. The lowest BCUT2D eigenvalue weighted by Gasteiger charge is -2.14. The zero-order valence-corrected chi connectivity index (χ0v) is 13.4. The van der Waals surface area contributed by atoms with E-state index in [0.29, 0.717) is 12.2 Å². The summed E-state index contributed by atoms with van der Waals surface area (Å²) < 4.78 is 0.913. The van der Waals surface area contributed by atoms with Crippen molar-refractivity contribution < 1.29 is 14.9 Å². The fourth-order valence-electron chi connectivity index (χ4n) is 2.50. The third-order valence-electron chi connectivity index (χ3n) is 3.65. The normalized spacial score (nSPS) is 18.0. The number of quaternary nitrogens is 1. The monoisotopic (exact) mass is 360 g/mol. The molecule has 2 aromatic rings. The maximum atomic E-state index is 12.5. The van der Waals surface area contributed by atoms with Crippen LogP contribution in [-0.2, 0) is 16.1 Å². The number of nitrogens with two attached hydrogens (primary N) is 1. The van der Waals surface area contributed by atoms with E-state index in [1.54, 1.807) is 24.5 Å². The molecule has 2 heterocycles. The average Bonchev–Trinajstić information content (AvgIpc) is 2.82. The summed E-state index contributed by atoms with van der Waals surface area (Å²) in [4.78, 5) is 29.9. The van der Waals surface area contributed by atoms with Gasteiger partial charge >= 0.3 is 0 Å². The summed E-state index contributed by atoms with van der Waals surface area (Å²) in [6.07, 6.45) is 3.68. The number of benzene rings is 1. The first kappa shape index (κ1) is 14.9. The molecule has 0 spiro atoms. The summed E-state index contributed by atoms with van der Waals surface area (Å²) in [5.41, 5.74) is 1.70. The van der Waals surface area contributed by atoms with Crippen molar-refractivity contribution in [3.63, 3.8) is 0 Å². The van der Waals surface area contributed by atoms with Gasteiger partial charge in [-0.2, -0.15) is 0 Å². The van der Waals surface area contributed by atoms with E-state index < -0.39 is 0 Å². The number of hydrogen-bond donors (Lipinski definition) is 1. The molecule has 3 rings (SSSR count). The molecule has 0 radical (unpaired) electrons. The zero-order chi connectivity index (χ0) is 15.5. The molecule has 1 atom stereocenters. The molecule has 0 saturated carbocycles. The van der Waals surface area contributed by atoms with Gasteiger partial charge in [-0.05, 0) is 36.4 Å². The molecule has 2 amide bonds. The molecule has 5 nitrogen and oxygen atoms in total. The highest BCUT2D eigenvalue weighted by Gasteiger charge is 2.42. The van der Waals surface area contributed by atoms with Gasteiger partial charge in [-0.1, -0.05) is 15.9 Å². The Morgan fingerprint density at radius 2 is 1.82 bits per heavy atom. The third-order valence-corrected chi connectivity index (χ3v) is 4.18. The standard InChI is InChI=1S/C16H14BrN3O2/c17-12-1-3-13(4-2-12)20-15(21)9-14(16(20)22)19-10-11-5-7-18-8-6-11/h1-8,14,19H,9-10H2/p+1/t14-/m0/s1. The predicted octanol–water partition coefficient (Wildman–Crippen LogP) is 1.24. The van der Waals surface area contributed by atoms with E-state index in [2.05, 4.69) is 20.9 Å². The highest BCUT2D eigenvalue weighted by atomic mass is 79.9. The average molecular weight is 361 g/mol. The maximum absolute atomic E-state index is 12.5. The Morgan fingerprint density at radius 3 is 2.50 bits per heavy atom. The van der Waals surface area contributed by atoms with Gasteiger partial charge in [-0.15, -0.1) is 0 Å². The van der Waals surface area contributed by atoms with Crippen LogP contribution in [0.1, 0.15) is 12.0 Å². The maximum Gasteiger partial charge on any atom is 0.292 e. The van der Waals surface area contributed by atoms with E-state index in [-0.39, 0.29) is 24.3 Å². The molecule has 1 saturated heterocycles. The fourth-order valence-corrected chi connectivity index (χ4v) is 2.76. The van der Waals surface area contributed by atoms with Crippen molar-refractivity contribution in [3.05, 3.63) is 58.8 Å². The van der Waals surface area contributed by atoms with Crippen molar-refractivity contribution >= 4 is 33.4 Å². The van der Waals surface area contributed by atoms with Gasteiger partial charge in [0.15, 0.2) is 6.04 Å². The van der Waals surface area contributed by atoms with Gasteiger partial charge in [-0.3, -0.25) is 14.6 Å². The van der Waals surface area contributed by atoms with Crippen LogP contribution in [0, 0.1) is 0 Å². The first-order valence-electron chi connectivity index (χ1n) is 7.00. The minimum atomic E-state index is -0.357. The smallest absolute Gasteiger partial charge is 0.292 e. The summed E-state index contributed by atoms with van der Waals surface area (Å²) in [5.74, 6) is -0.301. The molecular formula is C16H15BrN3O2+. The van der Waals surface area contributed by atoms with Gasteiger partial charge in [-0.25, -0.2) is 4.90 Å². The van der Waals surface area contributed by atoms with E-state index >= 15 is 0 Å². The van der Waals surface area contributed by atoms with Gasteiger partial charge in [0.05, 0.1) is 12.1 Å². The van der Waals surface area contributed by atoms with E-state index in [0.717, 1.165) is 10.0 Å². The second-order valence-corrected chi connectivity index (χ2v) is 6.07. The summed E-state index contributed by atoms with van der Waals surface area (Å²) in [7, 11) is 0. The lowest BCUT2D eigenvalue weighted by atomic mass is 10.2. The highest BCUT2D eigenvalue weighted by Crippen LogP contribution is 2.23. The Bertz CT molecular complexity index is 688. The minimum Gasteiger partial charge on any atom is -0.332 e. The molecule has 1 fully saturated rings. The lowest BCUT2D eigenvalue weighted by molar-refractivity contribution is -0.690. The molecule has 2 N–H and O–H groups in total. The summed E-state index contributed by atoms with van der Waals surface area (Å²) in [6, 6.07) is 10.6. The van der Waals surface area contributed by atoms with Crippen LogP contribution in [0.25, 0.3) is 0 Å². The van der Waals surface area contributed by atoms with Crippen molar-refractivity contribution in [2.24, 2.45) is 0 Å². The molecule has 0 aliphatic carbocycles. The number of pyridine rings is 1. The van der Waals surface area contributed by atoms with Crippen LogP contribution in [0.2, 0.25) is 0 Å². The Balaban J connectivity index is 1.70. The van der Waals surface area contributed by atoms with Crippen LogP contribution in [0.3, 0.4) is 0 Å². The molecule has 112 valence electrons. The number of amides is 2. The summed E-state index contributed by atoms with van der Waals surface area (Å²) >= 11 is 3.35. The highest BCUT2D eigenvalue weighted by molar-refractivity contribution is 9.10. The van der Waals surface area contributed by atoms with Gasteiger partial charge in [0.25, 0.3) is 5.91 Å². The number of carbonyl (C=O) groups is 2. The number of carbonyl (C=O) groups excluding carboxylic acids is 2. The van der Waals surface area contributed by atoms with Crippen LogP contribution < -0.4 is 10.2 Å². The van der Waals surface area contributed by atoms with Crippen molar-refractivity contribution in [2.45, 2.75) is 19.0 Å². The molecule has 1 aromatic heterocycles. The van der Waals surface area contributed by atoms with Gasteiger partial charge in [0, 0.05) is 22.4 Å². The minimum absolute atomic E-state index is 0.150. The third kappa shape index (κ3) is 3.08. The number of imide groups is 1. The van der Waals surface area contributed by atoms with Gasteiger partial charge in [0.1, 0.15) is 6.54 Å². The van der Waals surface area contributed by atoms with Gasteiger partial charge in [0.2, 0.25) is 5.91 Å². The Hall–Kier alpha value is -2.05. The van der Waals surface area contributed by atoms with Crippen molar-refractivity contribution in [1.29, 1.82) is 0 Å². The second-order valence-electron chi connectivity index (χ2n) is 5.15. The van der Waals surface area contributed by atoms with E-state index in [9.17, 15) is 9.59 Å². The van der Waals surface area contributed by atoms with Crippen LogP contribution in [0.4, 0.5) is 5.69 Å². The first-order valence-corrected chi connectivity index (χ1v) is 7.79. The predicted molar refractivity (Wildman–Crippen MR) is 84.9 cm³/mol. The van der Waals surface area contributed by atoms with E-state index in [1.165, 1.54) is 4.90 Å². The zero-order valence-electron chi connectivity index (χ0n) is 11.8. The summed E-state index contributed by atoms with van der Waals surface area (Å²) in [5, 5.41) is 1.91. The number of aromatic nitrogens is 1. The van der Waals surface area contributed by atoms with Crippen LogP contribution in [-0.4, -0.2) is 22.8 Å². The number of nitrogens with zero attached hydrogens (tertiary/aromatic N) is 2. The molecule has 6 heteroatoms. The number of anilines is 1. The Morgan fingerprint density at radius 1 is 1.14 bits per heavy atom. The molecule has 0 bridgehead atoms. The number of halogens is 1. The van der Waals surface area contributed by atoms with Crippen molar-refractivity contribution in [1.82, 2.24) is 4.98 Å².